The summed E-state index contributed by atoms with van der Waals surface area (Å²) in [6, 6.07) is 8.36. The number of benzene rings is 1. The van der Waals surface area contributed by atoms with Gasteiger partial charge < -0.3 is 9.47 Å². The van der Waals surface area contributed by atoms with Gasteiger partial charge in [-0.2, -0.15) is 0 Å². The second-order valence-corrected chi connectivity index (χ2v) is 9.22. The number of ketones is 1. The van der Waals surface area contributed by atoms with Crippen LogP contribution in [0.5, 0.6) is 0 Å². The molecule has 0 N–H and O–H groups in total. The van der Waals surface area contributed by atoms with Gasteiger partial charge in [-0.05, 0) is 25.0 Å². The molecule has 1 aromatic heterocycles. The average molecular weight is 399 g/mol. The van der Waals surface area contributed by atoms with E-state index in [0.717, 1.165) is 23.8 Å². The van der Waals surface area contributed by atoms with Crippen LogP contribution in [0.1, 0.15) is 52.5 Å². The number of nitrogens with zero attached hydrogens (tertiary/aromatic N) is 4. The third-order valence-electron chi connectivity index (χ3n) is 5.48. The minimum Gasteiger partial charge on any atom is -0.347 e. The molecule has 150 valence electrons. The monoisotopic (exact) mass is 398 g/mol. The van der Waals surface area contributed by atoms with Crippen molar-refractivity contribution in [3.05, 3.63) is 47.9 Å². The zero-order valence-electron chi connectivity index (χ0n) is 17.5. The van der Waals surface area contributed by atoms with Crippen LogP contribution in [0.3, 0.4) is 0 Å². The largest absolute Gasteiger partial charge is 0.347 e. The molecule has 2 aromatic rings. The van der Waals surface area contributed by atoms with Crippen LogP contribution in [-0.2, 0) is 16.8 Å². The molecule has 0 aliphatic carbocycles. The van der Waals surface area contributed by atoms with Crippen LogP contribution in [0.25, 0.3) is 0 Å². The van der Waals surface area contributed by atoms with Gasteiger partial charge in [-0.25, -0.2) is 0 Å². The van der Waals surface area contributed by atoms with Crippen molar-refractivity contribution in [2.24, 2.45) is 0 Å². The van der Waals surface area contributed by atoms with Crippen molar-refractivity contribution in [2.75, 3.05) is 11.9 Å². The zero-order chi connectivity index (χ0) is 20.3. The van der Waals surface area contributed by atoms with Crippen molar-refractivity contribution in [1.29, 1.82) is 0 Å². The first-order valence-corrected chi connectivity index (χ1v) is 10.9. The number of anilines is 1. The number of allylic oxidation sites excluding steroid dienone is 2. The number of aryl methyl sites for hydroxylation is 1. The van der Waals surface area contributed by atoms with Gasteiger partial charge in [0.2, 0.25) is 0 Å². The maximum atomic E-state index is 13.0. The Morgan fingerprint density at radius 3 is 2.75 bits per heavy atom. The molecule has 6 heteroatoms. The molecule has 0 bridgehead atoms. The summed E-state index contributed by atoms with van der Waals surface area (Å²) in [6.45, 7) is 9.39. The van der Waals surface area contributed by atoms with Crippen molar-refractivity contribution in [2.45, 2.75) is 69.3 Å². The van der Waals surface area contributed by atoms with Crippen molar-refractivity contribution >= 4 is 23.2 Å². The van der Waals surface area contributed by atoms with Gasteiger partial charge in [-0.3, -0.25) is 4.79 Å². The second-order valence-electron chi connectivity index (χ2n) is 7.91. The number of fused-ring (bicyclic) bond motifs is 1. The minimum atomic E-state index is -0.213. The van der Waals surface area contributed by atoms with Crippen molar-refractivity contribution in [3.63, 3.8) is 0 Å². The third-order valence-corrected chi connectivity index (χ3v) is 6.60. The van der Waals surface area contributed by atoms with E-state index in [9.17, 15) is 4.79 Å². The first kappa shape index (κ1) is 20.6. The SMILES string of the molecule is CCCCCn1cnnc1SC(C)C(=O)C=C1N(C)c2ccccc2C1(C)C. The number of hydrogen-bond acceptors (Lipinski definition) is 5. The molecular formula is C22H30N4OS. The average Bonchev–Trinajstić information content (AvgIpc) is 3.18. The number of likely N-dealkylation sites (N-methyl/N-ethyl adjacent to an activating group) is 1. The van der Waals surface area contributed by atoms with Crippen LogP contribution in [0.15, 0.2) is 47.5 Å². The maximum absolute atomic E-state index is 13.0. The minimum absolute atomic E-state index is 0.107. The lowest BCUT2D eigenvalue weighted by atomic mass is 9.83. The number of rotatable bonds is 8. The van der Waals surface area contributed by atoms with E-state index >= 15 is 0 Å². The predicted molar refractivity (Wildman–Crippen MR) is 116 cm³/mol. The highest BCUT2D eigenvalue weighted by Gasteiger charge is 2.38. The molecular weight excluding hydrogens is 368 g/mol. The standard InChI is InChI=1S/C22H30N4OS/c1-6-7-10-13-26-15-23-24-21(26)28-16(2)19(27)14-20-22(3,4)17-11-8-9-12-18(17)25(20)5/h8-9,11-12,14-16H,6-7,10,13H2,1-5H3. The molecule has 1 atom stereocenters. The second kappa shape index (κ2) is 8.52. The first-order valence-electron chi connectivity index (χ1n) is 10.00. The van der Waals surface area contributed by atoms with Gasteiger partial charge in [0.1, 0.15) is 6.33 Å². The fourth-order valence-corrected chi connectivity index (χ4v) is 4.62. The number of carbonyl (C=O) groups excluding carboxylic acids is 1. The Labute approximate surface area is 172 Å². The third kappa shape index (κ3) is 4.02. The summed E-state index contributed by atoms with van der Waals surface area (Å²) in [5.41, 5.74) is 3.27. The van der Waals surface area contributed by atoms with Crippen LogP contribution in [-0.4, -0.2) is 32.8 Å². The molecule has 0 radical (unpaired) electrons. The van der Waals surface area contributed by atoms with Gasteiger partial charge in [0.15, 0.2) is 10.9 Å². The highest BCUT2D eigenvalue weighted by atomic mass is 32.2. The molecule has 5 nitrogen and oxygen atoms in total. The molecule has 28 heavy (non-hydrogen) atoms. The lowest BCUT2D eigenvalue weighted by molar-refractivity contribution is -0.114. The molecule has 3 rings (SSSR count). The molecule has 0 amide bonds. The number of hydrogen-bond donors (Lipinski definition) is 0. The summed E-state index contributed by atoms with van der Waals surface area (Å²) < 4.78 is 2.05. The number of thioether (sulfide) groups is 1. The first-order chi connectivity index (χ1) is 13.4. The van der Waals surface area contributed by atoms with Crippen LogP contribution in [0, 0.1) is 0 Å². The molecule has 1 aromatic carbocycles. The van der Waals surface area contributed by atoms with Gasteiger partial charge in [0.05, 0.1) is 5.25 Å². The summed E-state index contributed by atoms with van der Waals surface area (Å²) in [4.78, 5) is 15.1. The highest BCUT2D eigenvalue weighted by molar-refractivity contribution is 8.00. The smallest absolute Gasteiger partial charge is 0.191 e. The Kier molecular flexibility index (Phi) is 6.28. The molecule has 1 unspecified atom stereocenters. The summed E-state index contributed by atoms with van der Waals surface area (Å²) in [7, 11) is 2.04. The van der Waals surface area contributed by atoms with E-state index in [4.69, 9.17) is 0 Å². The van der Waals surface area contributed by atoms with Crippen LogP contribution >= 0.6 is 11.8 Å². The summed E-state index contributed by atoms with van der Waals surface area (Å²) in [6.07, 6.45) is 7.04. The molecule has 1 aliphatic heterocycles. The van der Waals surface area contributed by atoms with E-state index in [-0.39, 0.29) is 16.4 Å². The molecule has 2 heterocycles. The maximum Gasteiger partial charge on any atom is 0.191 e. The van der Waals surface area contributed by atoms with Gasteiger partial charge in [-0.1, -0.05) is 63.6 Å². The van der Waals surface area contributed by atoms with Gasteiger partial charge in [0, 0.05) is 36.5 Å². The lowest BCUT2D eigenvalue weighted by Gasteiger charge is -2.24. The number of para-hydroxylation sites is 1. The summed E-state index contributed by atoms with van der Waals surface area (Å²) in [5.74, 6) is 0.107. The number of unbranched alkanes of at least 4 members (excludes halogenated alkanes) is 2. The Hall–Kier alpha value is -2.08. The Balaban J connectivity index is 1.74. The van der Waals surface area contributed by atoms with E-state index in [1.165, 1.54) is 35.9 Å². The normalized spacial score (nSPS) is 17.8. The Bertz CT molecular complexity index is 871. The predicted octanol–water partition coefficient (Wildman–Crippen LogP) is 4.83. The van der Waals surface area contributed by atoms with Crippen LogP contribution < -0.4 is 4.90 Å². The van der Waals surface area contributed by atoms with Crippen LogP contribution in [0.4, 0.5) is 5.69 Å². The molecule has 1 aliphatic rings. The molecule has 0 saturated heterocycles. The van der Waals surface area contributed by atoms with E-state index in [2.05, 4.69) is 58.6 Å². The van der Waals surface area contributed by atoms with E-state index in [0.29, 0.717) is 0 Å². The lowest BCUT2D eigenvalue weighted by Crippen LogP contribution is -2.25. The fraction of sp³-hybridized carbons (Fsp3) is 0.500. The Morgan fingerprint density at radius 1 is 1.29 bits per heavy atom. The van der Waals surface area contributed by atoms with Crippen molar-refractivity contribution in [1.82, 2.24) is 14.8 Å². The van der Waals surface area contributed by atoms with Crippen LogP contribution in [0.2, 0.25) is 0 Å². The van der Waals surface area contributed by atoms with Crippen molar-refractivity contribution < 1.29 is 4.79 Å². The molecule has 0 spiro atoms. The van der Waals surface area contributed by atoms with Crippen molar-refractivity contribution in [3.8, 4) is 0 Å². The quantitative estimate of drug-likeness (QED) is 0.362. The summed E-state index contributed by atoms with van der Waals surface area (Å²) >= 11 is 1.49. The highest BCUT2D eigenvalue weighted by Crippen LogP contribution is 2.46. The van der Waals surface area contributed by atoms with Gasteiger partial charge in [0.25, 0.3) is 0 Å². The molecule has 0 saturated carbocycles. The number of carbonyl (C=O) groups is 1. The molecule has 0 fully saturated rings. The number of aromatic nitrogens is 3. The summed E-state index contributed by atoms with van der Waals surface area (Å²) in [5, 5.41) is 8.86. The van der Waals surface area contributed by atoms with E-state index in [1.807, 2.05) is 26.1 Å². The topological polar surface area (TPSA) is 51.0 Å². The van der Waals surface area contributed by atoms with E-state index in [1.54, 1.807) is 6.33 Å². The fourth-order valence-electron chi connectivity index (χ4n) is 3.75. The zero-order valence-corrected chi connectivity index (χ0v) is 18.3. The van der Waals surface area contributed by atoms with Gasteiger partial charge in [-0.15, -0.1) is 10.2 Å². The van der Waals surface area contributed by atoms with E-state index < -0.39 is 0 Å². The Morgan fingerprint density at radius 2 is 2.04 bits per heavy atom. The van der Waals surface area contributed by atoms with Gasteiger partial charge >= 0.3 is 0 Å².